The average molecular weight is 379 g/mol. The highest BCUT2D eigenvalue weighted by atomic mass is 19.4. The van der Waals surface area contributed by atoms with E-state index >= 15 is 0 Å². The maximum atomic E-state index is 13.1. The SMILES string of the molecule is Cc1c(N2Cc3cc(C(F)(F)F)cnc3C(C)(C)C2)nn(C=O)c(=N)c1C. The van der Waals surface area contributed by atoms with Crippen molar-refractivity contribution in [3.05, 3.63) is 45.7 Å². The second-order valence-electron chi connectivity index (χ2n) is 7.44. The summed E-state index contributed by atoms with van der Waals surface area (Å²) in [4.78, 5) is 17.2. The van der Waals surface area contributed by atoms with Crippen LogP contribution in [0.1, 0.15) is 41.8 Å². The first-order valence-electron chi connectivity index (χ1n) is 8.37. The van der Waals surface area contributed by atoms with E-state index in [1.807, 2.05) is 18.7 Å². The number of aromatic nitrogens is 3. The normalized spacial score (nSPS) is 16.2. The van der Waals surface area contributed by atoms with Gasteiger partial charge in [-0.1, -0.05) is 13.8 Å². The fourth-order valence-electron chi connectivity index (χ4n) is 3.48. The summed E-state index contributed by atoms with van der Waals surface area (Å²) in [5.74, 6) is 0.478. The Morgan fingerprint density at radius 3 is 2.52 bits per heavy atom. The zero-order valence-electron chi connectivity index (χ0n) is 15.5. The van der Waals surface area contributed by atoms with Crippen LogP contribution in [0.2, 0.25) is 0 Å². The van der Waals surface area contributed by atoms with Crippen LogP contribution in [0.5, 0.6) is 0 Å². The van der Waals surface area contributed by atoms with E-state index in [4.69, 9.17) is 5.41 Å². The Hall–Kier alpha value is -2.71. The van der Waals surface area contributed by atoms with E-state index < -0.39 is 17.2 Å². The van der Waals surface area contributed by atoms with E-state index in [1.54, 1.807) is 13.8 Å². The van der Waals surface area contributed by atoms with Gasteiger partial charge in [-0.25, -0.2) is 0 Å². The van der Waals surface area contributed by atoms with E-state index in [9.17, 15) is 18.0 Å². The molecule has 0 bridgehead atoms. The summed E-state index contributed by atoms with van der Waals surface area (Å²) in [5, 5.41) is 12.2. The van der Waals surface area contributed by atoms with Crippen molar-refractivity contribution in [2.75, 3.05) is 11.4 Å². The first-order chi connectivity index (χ1) is 12.5. The van der Waals surface area contributed by atoms with E-state index in [2.05, 4.69) is 10.1 Å². The molecule has 0 radical (unpaired) electrons. The molecular weight excluding hydrogens is 359 g/mol. The number of halogens is 3. The van der Waals surface area contributed by atoms with Gasteiger partial charge in [-0.15, -0.1) is 5.10 Å². The number of rotatable bonds is 2. The lowest BCUT2D eigenvalue weighted by Gasteiger charge is -2.40. The quantitative estimate of drug-likeness (QED) is 0.815. The largest absolute Gasteiger partial charge is 0.417 e. The smallest absolute Gasteiger partial charge is 0.350 e. The predicted octanol–water partition coefficient (Wildman–Crippen LogP) is 2.73. The second-order valence-corrected chi connectivity index (χ2v) is 7.44. The molecule has 27 heavy (non-hydrogen) atoms. The highest BCUT2D eigenvalue weighted by molar-refractivity contribution is 5.57. The van der Waals surface area contributed by atoms with Crippen molar-refractivity contribution in [2.24, 2.45) is 0 Å². The van der Waals surface area contributed by atoms with Crippen molar-refractivity contribution >= 4 is 12.2 Å². The highest BCUT2D eigenvalue weighted by Crippen LogP contribution is 2.37. The van der Waals surface area contributed by atoms with Gasteiger partial charge < -0.3 is 4.90 Å². The summed E-state index contributed by atoms with van der Waals surface area (Å²) in [6, 6.07) is 1.13. The molecule has 2 aromatic heterocycles. The molecule has 3 rings (SSSR count). The van der Waals surface area contributed by atoms with Crippen LogP contribution in [0.15, 0.2) is 12.3 Å². The lowest BCUT2D eigenvalue weighted by Crippen LogP contribution is -2.44. The molecule has 1 aliphatic heterocycles. The zero-order chi connectivity index (χ0) is 20.1. The fraction of sp³-hybridized carbons (Fsp3) is 0.444. The lowest BCUT2D eigenvalue weighted by atomic mass is 9.81. The molecule has 0 fully saturated rings. The number of hydrogen-bond donors (Lipinski definition) is 1. The van der Waals surface area contributed by atoms with Gasteiger partial charge in [-0.05, 0) is 31.0 Å². The summed E-state index contributed by atoms with van der Waals surface area (Å²) in [6.45, 7) is 7.99. The van der Waals surface area contributed by atoms with Crippen LogP contribution in [0.4, 0.5) is 19.0 Å². The van der Waals surface area contributed by atoms with Crippen molar-refractivity contribution in [3.63, 3.8) is 0 Å². The zero-order valence-corrected chi connectivity index (χ0v) is 15.5. The van der Waals surface area contributed by atoms with Gasteiger partial charge in [0.25, 0.3) is 0 Å². The van der Waals surface area contributed by atoms with E-state index in [-0.39, 0.29) is 12.0 Å². The van der Waals surface area contributed by atoms with Crippen molar-refractivity contribution in [1.29, 1.82) is 5.41 Å². The van der Waals surface area contributed by atoms with Crippen molar-refractivity contribution in [1.82, 2.24) is 14.8 Å². The minimum Gasteiger partial charge on any atom is -0.350 e. The third-order valence-electron chi connectivity index (χ3n) is 4.97. The minimum atomic E-state index is -4.47. The molecular formula is C18H20F3N5O. The van der Waals surface area contributed by atoms with Crippen LogP contribution in [-0.2, 0) is 22.9 Å². The second kappa shape index (κ2) is 6.17. The Bertz CT molecular complexity index is 978. The molecule has 0 aromatic carbocycles. The minimum absolute atomic E-state index is 0.0102. The number of anilines is 1. The van der Waals surface area contributed by atoms with Crippen molar-refractivity contribution in [3.8, 4) is 0 Å². The number of hydrogen-bond acceptors (Lipinski definition) is 5. The van der Waals surface area contributed by atoms with Crippen molar-refractivity contribution in [2.45, 2.75) is 45.8 Å². The molecule has 144 valence electrons. The first-order valence-corrected chi connectivity index (χ1v) is 8.37. The van der Waals surface area contributed by atoms with Gasteiger partial charge in [-0.2, -0.15) is 17.9 Å². The summed E-state index contributed by atoms with van der Waals surface area (Å²) in [6.07, 6.45) is -3.14. The van der Waals surface area contributed by atoms with Gasteiger partial charge in [0, 0.05) is 30.3 Å². The van der Waals surface area contributed by atoms with Crippen LogP contribution in [-0.4, -0.2) is 27.7 Å². The molecule has 3 heterocycles. The van der Waals surface area contributed by atoms with Gasteiger partial charge in [0.05, 0.1) is 11.3 Å². The monoisotopic (exact) mass is 379 g/mol. The Morgan fingerprint density at radius 1 is 1.26 bits per heavy atom. The van der Waals surface area contributed by atoms with Gasteiger partial charge in [0.15, 0.2) is 11.3 Å². The number of fused-ring (bicyclic) bond motifs is 1. The molecule has 0 saturated heterocycles. The molecule has 6 nitrogen and oxygen atoms in total. The van der Waals surface area contributed by atoms with Crippen LogP contribution in [0.3, 0.4) is 0 Å². The van der Waals surface area contributed by atoms with Gasteiger partial charge in [-0.3, -0.25) is 15.2 Å². The predicted molar refractivity (Wildman–Crippen MR) is 93.0 cm³/mol. The third-order valence-corrected chi connectivity index (χ3v) is 4.97. The summed E-state index contributed by atoms with van der Waals surface area (Å²) < 4.78 is 40.2. The Labute approximate surface area is 154 Å². The van der Waals surface area contributed by atoms with E-state index in [1.165, 1.54) is 0 Å². The van der Waals surface area contributed by atoms with Crippen LogP contribution in [0, 0.1) is 19.3 Å². The molecule has 0 spiro atoms. The fourth-order valence-corrected chi connectivity index (χ4v) is 3.48. The van der Waals surface area contributed by atoms with E-state index in [0.717, 1.165) is 22.5 Å². The maximum Gasteiger partial charge on any atom is 0.417 e. The number of nitrogens with one attached hydrogen (secondary N) is 1. The summed E-state index contributed by atoms with van der Waals surface area (Å²) in [5.41, 5.74) is 1.11. The van der Waals surface area contributed by atoms with Crippen LogP contribution >= 0.6 is 0 Å². The summed E-state index contributed by atoms with van der Waals surface area (Å²) >= 11 is 0. The van der Waals surface area contributed by atoms with Gasteiger partial charge in [0.1, 0.15) is 0 Å². The van der Waals surface area contributed by atoms with E-state index in [0.29, 0.717) is 35.6 Å². The topological polar surface area (TPSA) is 74.9 Å². The molecule has 0 unspecified atom stereocenters. The molecule has 0 amide bonds. The summed E-state index contributed by atoms with van der Waals surface area (Å²) in [7, 11) is 0. The number of carbonyl (C=O) groups excluding carboxylic acids is 1. The maximum absolute atomic E-state index is 13.1. The average Bonchev–Trinajstić information content (AvgIpc) is 2.58. The number of carbonyl (C=O) groups is 1. The molecule has 0 atom stereocenters. The van der Waals surface area contributed by atoms with Crippen LogP contribution < -0.4 is 10.4 Å². The standard InChI is InChI=1S/C18H20F3N5O/c1-10-11(2)16(24-26(9-27)15(10)22)25-7-12-5-13(18(19,20)21)6-23-14(12)17(3,4)8-25/h5-6,9,22H,7-8H2,1-4H3. The van der Waals surface area contributed by atoms with Gasteiger partial charge >= 0.3 is 6.18 Å². The van der Waals surface area contributed by atoms with Gasteiger partial charge in [0.2, 0.25) is 6.41 Å². The molecule has 1 aliphatic rings. The Kier molecular flexibility index (Phi) is 4.36. The molecule has 0 aliphatic carbocycles. The highest BCUT2D eigenvalue weighted by Gasteiger charge is 2.38. The number of nitrogens with zero attached hydrogens (tertiary/aromatic N) is 4. The molecule has 2 aromatic rings. The lowest BCUT2D eigenvalue weighted by molar-refractivity contribution is -0.137. The first kappa shape index (κ1) is 19.1. The number of pyridine rings is 1. The molecule has 0 saturated carbocycles. The van der Waals surface area contributed by atoms with Crippen molar-refractivity contribution < 1.29 is 18.0 Å². The Balaban J connectivity index is 2.13. The Morgan fingerprint density at radius 2 is 1.93 bits per heavy atom. The van der Waals surface area contributed by atoms with Crippen LogP contribution in [0.25, 0.3) is 0 Å². The molecule has 1 N–H and O–H groups in total. The molecule has 9 heteroatoms. The third kappa shape index (κ3) is 3.22. The number of alkyl halides is 3.